The Kier molecular flexibility index (Phi) is 4.78. The van der Waals surface area contributed by atoms with Crippen molar-refractivity contribution in [2.24, 2.45) is 0 Å². The summed E-state index contributed by atoms with van der Waals surface area (Å²) in [5.74, 6) is 0. The summed E-state index contributed by atoms with van der Waals surface area (Å²) in [6.45, 7) is 8.05. The number of rotatable bonds is 3. The van der Waals surface area contributed by atoms with Crippen molar-refractivity contribution in [2.75, 3.05) is 52.9 Å². The second kappa shape index (κ2) is 6.34. The summed E-state index contributed by atoms with van der Waals surface area (Å²) in [7, 11) is 2.19. The van der Waals surface area contributed by atoms with Crippen LogP contribution in [-0.2, 0) is 0 Å². The first kappa shape index (κ1) is 12.8. The zero-order valence-corrected chi connectivity index (χ0v) is 10.9. The van der Waals surface area contributed by atoms with Crippen LogP contribution >= 0.6 is 0 Å². The molecule has 0 saturated carbocycles. The maximum absolute atomic E-state index is 9.12. The standard InChI is InChI=1S/C13H24N4/c1-15-6-8-16(9-7-15)10-11-17-5-3-2-4-13(17)12-14/h13H,2-11H2,1H3. The van der Waals surface area contributed by atoms with Crippen LogP contribution in [0.2, 0.25) is 0 Å². The Balaban J connectivity index is 1.72. The maximum Gasteiger partial charge on any atom is 0.0978 e. The van der Waals surface area contributed by atoms with Gasteiger partial charge < -0.3 is 4.90 Å². The Labute approximate surface area is 105 Å². The number of hydrogen-bond donors (Lipinski definition) is 0. The zero-order chi connectivity index (χ0) is 12.1. The molecule has 1 atom stereocenters. The zero-order valence-electron chi connectivity index (χ0n) is 10.9. The number of piperidine rings is 1. The van der Waals surface area contributed by atoms with Gasteiger partial charge >= 0.3 is 0 Å². The third-order valence-electron chi connectivity index (χ3n) is 4.06. The SMILES string of the molecule is CN1CCN(CCN2CCCCC2C#N)CC1. The minimum atomic E-state index is 0.177. The highest BCUT2D eigenvalue weighted by atomic mass is 15.3. The van der Waals surface area contributed by atoms with E-state index in [4.69, 9.17) is 5.26 Å². The number of piperazine rings is 1. The molecule has 2 aliphatic heterocycles. The van der Waals surface area contributed by atoms with E-state index in [1.54, 1.807) is 0 Å². The van der Waals surface area contributed by atoms with Gasteiger partial charge in [0.15, 0.2) is 0 Å². The predicted octanol–water partition coefficient (Wildman–Crippen LogP) is 0.612. The number of nitriles is 1. The minimum Gasteiger partial charge on any atom is -0.304 e. The molecule has 0 aromatic heterocycles. The van der Waals surface area contributed by atoms with Crippen molar-refractivity contribution in [3.63, 3.8) is 0 Å². The fraction of sp³-hybridized carbons (Fsp3) is 0.923. The molecule has 2 heterocycles. The first-order valence-electron chi connectivity index (χ1n) is 6.84. The Bertz CT molecular complexity index is 265. The molecule has 0 spiro atoms. The van der Waals surface area contributed by atoms with Gasteiger partial charge in [-0.1, -0.05) is 0 Å². The molecule has 2 fully saturated rings. The summed E-state index contributed by atoms with van der Waals surface area (Å²) in [6.07, 6.45) is 3.56. The molecule has 4 nitrogen and oxygen atoms in total. The Morgan fingerprint density at radius 3 is 2.53 bits per heavy atom. The van der Waals surface area contributed by atoms with Gasteiger partial charge in [-0.15, -0.1) is 0 Å². The number of likely N-dealkylation sites (tertiary alicyclic amines) is 1. The molecule has 96 valence electrons. The van der Waals surface area contributed by atoms with Crippen LogP contribution < -0.4 is 0 Å². The van der Waals surface area contributed by atoms with E-state index >= 15 is 0 Å². The van der Waals surface area contributed by atoms with Crippen molar-refractivity contribution in [1.82, 2.24) is 14.7 Å². The normalized spacial score (nSPS) is 29.1. The van der Waals surface area contributed by atoms with Crippen LogP contribution in [0.3, 0.4) is 0 Å². The van der Waals surface area contributed by atoms with Crippen LogP contribution in [0.25, 0.3) is 0 Å². The first-order valence-corrected chi connectivity index (χ1v) is 6.84. The highest BCUT2D eigenvalue weighted by Crippen LogP contribution is 2.16. The van der Waals surface area contributed by atoms with E-state index in [2.05, 4.69) is 27.8 Å². The lowest BCUT2D eigenvalue weighted by Gasteiger charge is -2.36. The van der Waals surface area contributed by atoms with E-state index in [0.717, 1.165) is 26.1 Å². The number of hydrogen-bond acceptors (Lipinski definition) is 4. The average molecular weight is 236 g/mol. The van der Waals surface area contributed by atoms with Crippen molar-refractivity contribution in [2.45, 2.75) is 25.3 Å². The summed E-state index contributed by atoms with van der Waals surface area (Å²) in [5, 5.41) is 9.12. The molecule has 0 bridgehead atoms. The second-order valence-corrected chi connectivity index (χ2v) is 5.32. The highest BCUT2D eigenvalue weighted by Gasteiger charge is 2.22. The van der Waals surface area contributed by atoms with Crippen LogP contribution in [0.1, 0.15) is 19.3 Å². The van der Waals surface area contributed by atoms with Gasteiger partial charge in [0.1, 0.15) is 0 Å². The van der Waals surface area contributed by atoms with Gasteiger partial charge in [0, 0.05) is 39.3 Å². The minimum absolute atomic E-state index is 0.177. The van der Waals surface area contributed by atoms with E-state index in [0.29, 0.717) is 0 Å². The predicted molar refractivity (Wildman–Crippen MR) is 68.8 cm³/mol. The van der Waals surface area contributed by atoms with Crippen LogP contribution in [0.5, 0.6) is 0 Å². The summed E-state index contributed by atoms with van der Waals surface area (Å²) in [5.41, 5.74) is 0. The third-order valence-corrected chi connectivity index (χ3v) is 4.06. The molecule has 0 N–H and O–H groups in total. The molecule has 0 aliphatic carbocycles. The Morgan fingerprint density at radius 1 is 1.06 bits per heavy atom. The summed E-state index contributed by atoms with van der Waals surface area (Å²) in [4.78, 5) is 7.29. The molecule has 2 aliphatic rings. The summed E-state index contributed by atoms with van der Waals surface area (Å²) < 4.78 is 0. The number of nitrogens with zero attached hydrogens (tertiary/aromatic N) is 4. The van der Waals surface area contributed by atoms with E-state index < -0.39 is 0 Å². The lowest BCUT2D eigenvalue weighted by Crippen LogP contribution is -2.48. The fourth-order valence-corrected chi connectivity index (χ4v) is 2.75. The molecule has 4 heteroatoms. The van der Waals surface area contributed by atoms with Gasteiger partial charge in [-0.05, 0) is 32.9 Å². The number of likely N-dealkylation sites (N-methyl/N-ethyl adjacent to an activating group) is 1. The van der Waals surface area contributed by atoms with Crippen molar-refractivity contribution >= 4 is 0 Å². The summed E-state index contributed by atoms with van der Waals surface area (Å²) >= 11 is 0. The molecule has 0 aromatic rings. The quantitative estimate of drug-likeness (QED) is 0.719. The van der Waals surface area contributed by atoms with Crippen molar-refractivity contribution in [3.8, 4) is 6.07 Å². The van der Waals surface area contributed by atoms with Crippen LogP contribution in [0.15, 0.2) is 0 Å². The Morgan fingerprint density at radius 2 is 1.82 bits per heavy atom. The van der Waals surface area contributed by atoms with Crippen molar-refractivity contribution in [1.29, 1.82) is 5.26 Å². The lowest BCUT2D eigenvalue weighted by molar-refractivity contribution is 0.117. The van der Waals surface area contributed by atoms with Gasteiger partial charge in [-0.25, -0.2) is 0 Å². The van der Waals surface area contributed by atoms with Crippen LogP contribution in [0.4, 0.5) is 0 Å². The molecule has 0 radical (unpaired) electrons. The van der Waals surface area contributed by atoms with E-state index in [-0.39, 0.29) is 6.04 Å². The molecule has 0 aromatic carbocycles. The monoisotopic (exact) mass is 236 g/mol. The van der Waals surface area contributed by atoms with Gasteiger partial charge in [0.05, 0.1) is 12.1 Å². The molecular weight excluding hydrogens is 212 g/mol. The van der Waals surface area contributed by atoms with Crippen LogP contribution in [-0.4, -0.2) is 73.6 Å². The molecule has 1 unspecified atom stereocenters. The highest BCUT2D eigenvalue weighted by molar-refractivity contribution is 4.94. The average Bonchev–Trinajstić information content (AvgIpc) is 2.38. The third kappa shape index (κ3) is 3.67. The Hall–Kier alpha value is -0.630. The van der Waals surface area contributed by atoms with Gasteiger partial charge in [0.2, 0.25) is 0 Å². The molecule has 2 saturated heterocycles. The molecule has 2 rings (SSSR count). The van der Waals surface area contributed by atoms with Crippen molar-refractivity contribution < 1.29 is 0 Å². The summed E-state index contributed by atoms with van der Waals surface area (Å²) in [6, 6.07) is 2.63. The lowest BCUT2D eigenvalue weighted by atomic mass is 10.0. The fourth-order valence-electron chi connectivity index (χ4n) is 2.75. The van der Waals surface area contributed by atoms with E-state index in [9.17, 15) is 0 Å². The topological polar surface area (TPSA) is 33.5 Å². The molecular formula is C13H24N4. The van der Waals surface area contributed by atoms with Gasteiger partial charge in [0.25, 0.3) is 0 Å². The van der Waals surface area contributed by atoms with E-state index in [1.807, 2.05) is 0 Å². The van der Waals surface area contributed by atoms with Gasteiger partial charge in [-0.2, -0.15) is 5.26 Å². The second-order valence-electron chi connectivity index (χ2n) is 5.32. The van der Waals surface area contributed by atoms with E-state index in [1.165, 1.54) is 39.0 Å². The van der Waals surface area contributed by atoms with Crippen LogP contribution in [0, 0.1) is 11.3 Å². The smallest absolute Gasteiger partial charge is 0.0978 e. The van der Waals surface area contributed by atoms with Gasteiger partial charge in [-0.3, -0.25) is 9.80 Å². The molecule has 0 amide bonds. The largest absolute Gasteiger partial charge is 0.304 e. The first-order chi connectivity index (χ1) is 8.29. The maximum atomic E-state index is 9.12. The molecule has 17 heavy (non-hydrogen) atoms. The van der Waals surface area contributed by atoms with Crippen molar-refractivity contribution in [3.05, 3.63) is 0 Å².